The maximum atomic E-state index is 12.2. The van der Waals surface area contributed by atoms with Crippen molar-refractivity contribution < 1.29 is 19.1 Å². The van der Waals surface area contributed by atoms with Gasteiger partial charge in [0.2, 0.25) is 5.91 Å². The Kier molecular flexibility index (Phi) is 7.63. The van der Waals surface area contributed by atoms with E-state index in [2.05, 4.69) is 19.2 Å². The van der Waals surface area contributed by atoms with Crippen LogP contribution in [0.25, 0.3) is 6.08 Å². The average Bonchev–Trinajstić information content (AvgIpc) is 2.67. The van der Waals surface area contributed by atoms with Crippen molar-refractivity contribution in [2.45, 2.75) is 20.3 Å². The zero-order valence-electron chi connectivity index (χ0n) is 16.4. The number of methoxy groups -OCH3 is 1. The average molecular weight is 382 g/mol. The third kappa shape index (κ3) is 6.16. The maximum absolute atomic E-state index is 12.2. The molecule has 0 aromatic heterocycles. The van der Waals surface area contributed by atoms with Gasteiger partial charge in [0.05, 0.1) is 25.0 Å². The molecule has 0 unspecified atom stereocenters. The van der Waals surface area contributed by atoms with Crippen molar-refractivity contribution in [1.29, 1.82) is 0 Å². The molecule has 2 aromatic carbocycles. The zero-order valence-corrected chi connectivity index (χ0v) is 16.4. The Bertz CT molecular complexity index is 859. The van der Waals surface area contributed by atoms with Gasteiger partial charge in [0.1, 0.15) is 0 Å². The normalized spacial score (nSPS) is 10.9. The summed E-state index contributed by atoms with van der Waals surface area (Å²) in [6.45, 7) is 4.90. The van der Waals surface area contributed by atoms with E-state index in [1.807, 2.05) is 12.1 Å². The van der Waals surface area contributed by atoms with Gasteiger partial charge in [-0.3, -0.25) is 9.59 Å². The monoisotopic (exact) mass is 382 g/mol. The van der Waals surface area contributed by atoms with E-state index in [1.165, 1.54) is 6.08 Å². The number of nitrogens with one attached hydrogen (secondary N) is 1. The lowest BCUT2D eigenvalue weighted by Crippen LogP contribution is -2.16. The van der Waals surface area contributed by atoms with E-state index in [-0.39, 0.29) is 11.5 Å². The molecule has 0 aliphatic heterocycles. The van der Waals surface area contributed by atoms with Crippen molar-refractivity contribution in [3.8, 4) is 11.5 Å². The molecule has 0 spiro atoms. The zero-order chi connectivity index (χ0) is 20.5. The standard InChI is InChI=1S/C22H26N2O4/c1-15(2)12-13-28-19-10-8-16(14-20(19)27-3)9-11-21(25)24-18-7-5-4-6-17(18)22(23)26/h4-11,14-15H,12-13H2,1-3H3,(H2,23,26)(H,24,25)/b11-9+. The first-order chi connectivity index (χ1) is 13.4. The Labute approximate surface area is 165 Å². The topological polar surface area (TPSA) is 90.6 Å². The first-order valence-electron chi connectivity index (χ1n) is 9.09. The van der Waals surface area contributed by atoms with Crippen LogP contribution in [0, 0.1) is 5.92 Å². The molecule has 0 aliphatic carbocycles. The second-order valence-corrected chi connectivity index (χ2v) is 6.67. The summed E-state index contributed by atoms with van der Waals surface area (Å²) in [5.41, 5.74) is 6.73. The number of carbonyl (C=O) groups is 2. The van der Waals surface area contributed by atoms with E-state index in [9.17, 15) is 9.59 Å². The van der Waals surface area contributed by atoms with Gasteiger partial charge in [-0.1, -0.05) is 32.0 Å². The minimum atomic E-state index is -0.599. The summed E-state index contributed by atoms with van der Waals surface area (Å²) in [4.78, 5) is 23.6. The van der Waals surface area contributed by atoms with E-state index >= 15 is 0 Å². The maximum Gasteiger partial charge on any atom is 0.250 e. The van der Waals surface area contributed by atoms with E-state index in [0.29, 0.717) is 29.7 Å². The fourth-order valence-corrected chi connectivity index (χ4v) is 2.46. The number of benzene rings is 2. The highest BCUT2D eigenvalue weighted by molar-refractivity contribution is 6.07. The van der Waals surface area contributed by atoms with Crippen molar-refractivity contribution in [2.24, 2.45) is 11.7 Å². The van der Waals surface area contributed by atoms with Gasteiger partial charge in [0.15, 0.2) is 11.5 Å². The fourth-order valence-electron chi connectivity index (χ4n) is 2.46. The number of primary amides is 1. The highest BCUT2D eigenvalue weighted by Crippen LogP contribution is 2.29. The summed E-state index contributed by atoms with van der Waals surface area (Å²) < 4.78 is 11.1. The number of amides is 2. The predicted octanol–water partition coefficient (Wildman–Crippen LogP) is 3.87. The van der Waals surface area contributed by atoms with Crippen LogP contribution in [-0.2, 0) is 4.79 Å². The quantitative estimate of drug-likeness (QED) is 0.644. The molecule has 2 rings (SSSR count). The number of anilines is 1. The van der Waals surface area contributed by atoms with Crippen LogP contribution >= 0.6 is 0 Å². The number of hydrogen-bond acceptors (Lipinski definition) is 4. The molecule has 0 heterocycles. The number of nitrogens with two attached hydrogens (primary N) is 1. The van der Waals surface area contributed by atoms with E-state index in [0.717, 1.165) is 12.0 Å². The Morgan fingerprint density at radius 1 is 1.14 bits per heavy atom. The molecule has 0 bridgehead atoms. The van der Waals surface area contributed by atoms with Gasteiger partial charge in [-0.2, -0.15) is 0 Å². The Morgan fingerprint density at radius 3 is 2.57 bits per heavy atom. The summed E-state index contributed by atoms with van der Waals surface area (Å²) in [5, 5.41) is 2.66. The van der Waals surface area contributed by atoms with Crippen LogP contribution in [0.3, 0.4) is 0 Å². The first-order valence-corrected chi connectivity index (χ1v) is 9.09. The number of ether oxygens (including phenoxy) is 2. The van der Waals surface area contributed by atoms with Crippen LogP contribution in [0.4, 0.5) is 5.69 Å². The Balaban J connectivity index is 2.05. The molecule has 0 fully saturated rings. The smallest absolute Gasteiger partial charge is 0.250 e. The Hall–Kier alpha value is -3.28. The summed E-state index contributed by atoms with van der Waals surface area (Å²) >= 11 is 0. The van der Waals surface area contributed by atoms with Crippen LogP contribution in [0.15, 0.2) is 48.5 Å². The van der Waals surface area contributed by atoms with Gasteiger partial charge in [-0.15, -0.1) is 0 Å². The van der Waals surface area contributed by atoms with Crippen molar-refractivity contribution in [2.75, 3.05) is 19.0 Å². The SMILES string of the molecule is COc1cc(/C=C/C(=O)Nc2ccccc2C(N)=O)ccc1OCCC(C)C. The highest BCUT2D eigenvalue weighted by Gasteiger charge is 2.09. The molecule has 6 nitrogen and oxygen atoms in total. The van der Waals surface area contributed by atoms with E-state index in [4.69, 9.17) is 15.2 Å². The number of rotatable bonds is 9. The molecule has 6 heteroatoms. The molecule has 0 saturated heterocycles. The molecule has 148 valence electrons. The lowest BCUT2D eigenvalue weighted by Gasteiger charge is -2.12. The largest absolute Gasteiger partial charge is 0.493 e. The summed E-state index contributed by atoms with van der Waals surface area (Å²) in [5.74, 6) is 0.861. The van der Waals surface area contributed by atoms with Gasteiger partial charge in [0, 0.05) is 6.08 Å². The third-order valence-electron chi connectivity index (χ3n) is 4.02. The van der Waals surface area contributed by atoms with Crippen molar-refractivity contribution in [1.82, 2.24) is 0 Å². The lowest BCUT2D eigenvalue weighted by atomic mass is 10.1. The van der Waals surface area contributed by atoms with Gasteiger partial charge in [0.25, 0.3) is 5.91 Å². The minimum Gasteiger partial charge on any atom is -0.493 e. The molecule has 28 heavy (non-hydrogen) atoms. The van der Waals surface area contributed by atoms with Crippen molar-refractivity contribution in [3.05, 3.63) is 59.7 Å². The van der Waals surface area contributed by atoms with Crippen LogP contribution in [0.5, 0.6) is 11.5 Å². The van der Waals surface area contributed by atoms with Crippen LogP contribution in [0.1, 0.15) is 36.2 Å². The van der Waals surface area contributed by atoms with E-state index in [1.54, 1.807) is 43.5 Å². The second kappa shape index (κ2) is 10.2. The lowest BCUT2D eigenvalue weighted by molar-refractivity contribution is -0.111. The first kappa shape index (κ1) is 21.0. The van der Waals surface area contributed by atoms with Gasteiger partial charge < -0.3 is 20.5 Å². The van der Waals surface area contributed by atoms with Crippen LogP contribution in [0.2, 0.25) is 0 Å². The number of carbonyl (C=O) groups excluding carboxylic acids is 2. The molecular formula is C22H26N2O4. The fraction of sp³-hybridized carbons (Fsp3) is 0.273. The summed E-state index contributed by atoms with van der Waals surface area (Å²) in [6.07, 6.45) is 3.99. The predicted molar refractivity (Wildman–Crippen MR) is 111 cm³/mol. The summed E-state index contributed by atoms with van der Waals surface area (Å²) in [6, 6.07) is 12.0. The van der Waals surface area contributed by atoms with E-state index < -0.39 is 5.91 Å². The Morgan fingerprint density at radius 2 is 1.89 bits per heavy atom. The molecule has 0 radical (unpaired) electrons. The second-order valence-electron chi connectivity index (χ2n) is 6.67. The molecule has 3 N–H and O–H groups in total. The number of para-hydroxylation sites is 1. The molecule has 0 saturated carbocycles. The summed E-state index contributed by atoms with van der Waals surface area (Å²) in [7, 11) is 1.58. The molecule has 2 aromatic rings. The molecule has 0 aliphatic rings. The van der Waals surface area contributed by atoms with Crippen molar-refractivity contribution >= 4 is 23.6 Å². The highest BCUT2D eigenvalue weighted by atomic mass is 16.5. The van der Waals surface area contributed by atoms with Crippen molar-refractivity contribution in [3.63, 3.8) is 0 Å². The van der Waals surface area contributed by atoms with Gasteiger partial charge in [-0.05, 0) is 48.2 Å². The third-order valence-corrected chi connectivity index (χ3v) is 4.02. The molecule has 2 amide bonds. The molecular weight excluding hydrogens is 356 g/mol. The van der Waals surface area contributed by atoms with Gasteiger partial charge in [-0.25, -0.2) is 0 Å². The van der Waals surface area contributed by atoms with Crippen LogP contribution < -0.4 is 20.5 Å². The van der Waals surface area contributed by atoms with Gasteiger partial charge >= 0.3 is 0 Å². The number of hydrogen-bond donors (Lipinski definition) is 2. The minimum absolute atomic E-state index is 0.258. The molecule has 0 atom stereocenters. The van der Waals surface area contributed by atoms with Crippen LogP contribution in [-0.4, -0.2) is 25.5 Å².